The quantitative estimate of drug-likeness (QED) is 0.0221. The second-order valence-corrected chi connectivity index (χ2v) is 30.5. The van der Waals surface area contributed by atoms with Crippen LogP contribution in [0.25, 0.3) is 43.1 Å². The van der Waals surface area contributed by atoms with Crippen LogP contribution in [0, 0.1) is 27.7 Å². The Kier molecular flexibility index (Phi) is 18.9. The second kappa shape index (κ2) is 27.8. The number of nitrogens with one attached hydrogen (secondary N) is 2. The number of hydrogen-bond donors (Lipinski definition) is 2. The zero-order valence-corrected chi connectivity index (χ0v) is 58.5. The number of benzene rings is 9. The normalized spacial score (nSPS) is 13.7. The number of fused-ring (bicyclic) bond motifs is 2. The topological polar surface area (TPSA) is 251 Å². The Morgan fingerprint density at radius 2 is 0.600 bits per heavy atom. The fraction of sp³-hybridized carbons (Fsp3) is 0.211. The standard InChI is InChI=1S/C76H70N6O16Si2/c1-43-11-19-49(20-12-43)95-57-39-53-61-54(74(86)81(73(53)85)69(47-27-31-77-32-28-47)71(83)79-35-37-99(89-5,90-6)91-7)41-59(97-51-23-15-45(3)16-24-51)65-66-60(98-52-25-17-46(4)18-26-52)42-56-62-55(40-58(64(68(62)66)63(57)67(61)65)96-50-21-13-44(2)14-22-50)75(87)82(76(56)88)70(48-29-33-78-34-30-48)72(84)80-36-38-100(92-8,93-9)94-10/h11-34,39-42,69-70H,35-38H2,1-10H3,(H,79,83)(H,80,84). The molecule has 24 heteroatoms. The first kappa shape index (κ1) is 67.7. The highest BCUT2D eigenvalue weighted by molar-refractivity contribution is 6.61. The summed E-state index contributed by atoms with van der Waals surface area (Å²) in [6.07, 6.45) is 5.85. The highest BCUT2D eigenvalue weighted by atomic mass is 28.4. The van der Waals surface area contributed by atoms with Gasteiger partial charge in [-0.05, 0) is 136 Å². The number of pyridine rings is 2. The maximum absolute atomic E-state index is 16.4. The van der Waals surface area contributed by atoms with E-state index < -0.39 is 65.1 Å². The minimum Gasteiger partial charge on any atom is -0.457 e. The third-order valence-electron chi connectivity index (χ3n) is 18.3. The maximum Gasteiger partial charge on any atom is 0.501 e. The van der Waals surface area contributed by atoms with Crippen molar-refractivity contribution in [3.8, 4) is 46.0 Å². The lowest BCUT2D eigenvalue weighted by molar-refractivity contribution is -0.125. The maximum atomic E-state index is 16.4. The number of ether oxygens (including phenoxy) is 4. The van der Waals surface area contributed by atoms with Crippen molar-refractivity contribution >= 4 is 96.1 Å². The van der Waals surface area contributed by atoms with Crippen LogP contribution in [-0.4, -0.2) is 129 Å². The lowest BCUT2D eigenvalue weighted by Gasteiger charge is -2.36. The Balaban J connectivity index is 1.15. The highest BCUT2D eigenvalue weighted by Crippen LogP contribution is 2.58. The average molecular weight is 1380 g/mol. The summed E-state index contributed by atoms with van der Waals surface area (Å²) in [5.74, 6) is -3.41. The smallest absolute Gasteiger partial charge is 0.457 e. The first-order valence-electron chi connectivity index (χ1n) is 32.1. The lowest BCUT2D eigenvalue weighted by Crippen LogP contribution is -2.50. The van der Waals surface area contributed by atoms with E-state index in [9.17, 15) is 0 Å². The number of aromatic nitrogens is 2. The zero-order chi connectivity index (χ0) is 70.3. The molecule has 0 fully saturated rings. The summed E-state index contributed by atoms with van der Waals surface area (Å²) in [5.41, 5.74) is 3.98. The van der Waals surface area contributed by atoms with Crippen LogP contribution in [0.2, 0.25) is 12.1 Å². The predicted molar refractivity (Wildman–Crippen MR) is 377 cm³/mol. The molecule has 0 saturated carbocycles. The van der Waals surface area contributed by atoms with E-state index >= 15 is 28.8 Å². The number of nitrogens with zero attached hydrogens (tertiary/aromatic N) is 4. The van der Waals surface area contributed by atoms with E-state index in [2.05, 4.69) is 20.6 Å². The molecule has 22 nitrogen and oxygen atoms in total. The van der Waals surface area contributed by atoms with Crippen LogP contribution in [0.5, 0.6) is 46.0 Å². The van der Waals surface area contributed by atoms with Gasteiger partial charge in [-0.25, -0.2) is 0 Å². The van der Waals surface area contributed by atoms with Crippen LogP contribution in [0.1, 0.15) is 86.9 Å². The molecule has 2 unspecified atom stereocenters. The number of imide groups is 2. The van der Waals surface area contributed by atoms with E-state index in [1.54, 1.807) is 97.1 Å². The summed E-state index contributed by atoms with van der Waals surface area (Å²) in [6.45, 7) is 7.64. The van der Waals surface area contributed by atoms with Crippen LogP contribution in [0.3, 0.4) is 0 Å². The molecule has 11 aromatic rings. The van der Waals surface area contributed by atoms with Gasteiger partial charge in [0.25, 0.3) is 23.6 Å². The molecule has 4 heterocycles. The van der Waals surface area contributed by atoms with Crippen LogP contribution < -0.4 is 29.6 Å². The molecule has 0 saturated heterocycles. The third kappa shape index (κ3) is 12.3. The van der Waals surface area contributed by atoms with Crippen LogP contribution in [-0.2, 0) is 36.1 Å². The number of carbonyl (C=O) groups is 6. The van der Waals surface area contributed by atoms with Crippen molar-refractivity contribution in [2.45, 2.75) is 51.9 Å². The summed E-state index contributed by atoms with van der Waals surface area (Å²) in [4.78, 5) is 106. The minimum absolute atomic E-state index is 0.0355. The minimum atomic E-state index is -3.26. The molecule has 508 valence electrons. The van der Waals surface area contributed by atoms with Gasteiger partial charge in [0, 0.05) is 136 Å². The first-order valence-corrected chi connectivity index (χ1v) is 36.0. The molecule has 0 aliphatic carbocycles. The van der Waals surface area contributed by atoms with Gasteiger partial charge in [0.05, 0.1) is 22.3 Å². The van der Waals surface area contributed by atoms with Crippen molar-refractivity contribution in [2.24, 2.45) is 0 Å². The van der Waals surface area contributed by atoms with Crippen molar-refractivity contribution in [1.29, 1.82) is 0 Å². The van der Waals surface area contributed by atoms with E-state index in [0.29, 0.717) is 23.0 Å². The second-order valence-electron chi connectivity index (χ2n) is 24.3. The monoisotopic (exact) mass is 1380 g/mol. The van der Waals surface area contributed by atoms with Crippen LogP contribution >= 0.6 is 0 Å². The number of amides is 6. The molecule has 13 rings (SSSR count). The van der Waals surface area contributed by atoms with Crippen LogP contribution in [0.4, 0.5) is 0 Å². The van der Waals surface area contributed by atoms with Gasteiger partial charge in [-0.15, -0.1) is 0 Å². The molecular formula is C76H70N6O16Si2. The molecule has 2 N–H and O–H groups in total. The lowest BCUT2D eigenvalue weighted by atomic mass is 9.80. The highest BCUT2D eigenvalue weighted by Gasteiger charge is 2.48. The largest absolute Gasteiger partial charge is 0.501 e. The summed E-state index contributed by atoms with van der Waals surface area (Å²) in [5, 5.41) is 7.65. The third-order valence-corrected chi connectivity index (χ3v) is 23.8. The van der Waals surface area contributed by atoms with Crippen molar-refractivity contribution in [3.63, 3.8) is 0 Å². The van der Waals surface area contributed by atoms with Crippen molar-refractivity contribution in [1.82, 2.24) is 30.4 Å². The van der Waals surface area contributed by atoms with Crippen molar-refractivity contribution < 1.29 is 74.3 Å². The van der Waals surface area contributed by atoms with E-state index in [0.717, 1.165) is 32.1 Å². The SMILES string of the molecule is CO[Si](CCNC(=O)C(c1ccncc1)N1C(=O)c2cc(Oc3ccc(C)cc3)c3c4c(Oc5ccc(C)cc5)cc5c6c(cc(Oc7ccc(C)cc7)c(c7c(Oc8ccc(C)cc8)cc(c2c37)C1=O)c64)C(=O)N(C(C(=O)NCC[Si](OC)(OC)OC)c1ccncc1)C5=O)(OC)OC. The van der Waals surface area contributed by atoms with Crippen molar-refractivity contribution in [3.05, 3.63) is 226 Å². The zero-order valence-electron chi connectivity index (χ0n) is 56.5. The summed E-state index contributed by atoms with van der Waals surface area (Å²) >= 11 is 0. The van der Waals surface area contributed by atoms with E-state index in [4.69, 9.17) is 45.5 Å². The van der Waals surface area contributed by atoms with Gasteiger partial charge < -0.3 is 56.1 Å². The molecule has 0 bridgehead atoms. The molecule has 0 radical (unpaired) electrons. The number of rotatable bonds is 26. The molecule has 2 aromatic heterocycles. The van der Waals surface area contributed by atoms with Crippen LogP contribution in [0.15, 0.2) is 170 Å². The number of hydrogen-bond acceptors (Lipinski definition) is 18. The first-order chi connectivity index (χ1) is 48.4. The molecule has 6 amide bonds. The summed E-state index contributed by atoms with van der Waals surface area (Å²) < 4.78 is 62.8. The van der Waals surface area contributed by atoms with Gasteiger partial charge in [-0.3, -0.25) is 48.5 Å². The summed E-state index contributed by atoms with van der Waals surface area (Å²) in [7, 11) is 2.20. The van der Waals surface area contributed by atoms with E-state index in [1.807, 2.05) is 76.2 Å². The van der Waals surface area contributed by atoms with Gasteiger partial charge in [0.2, 0.25) is 11.8 Å². The van der Waals surface area contributed by atoms with Crippen molar-refractivity contribution in [2.75, 3.05) is 55.7 Å². The molecular weight excluding hydrogens is 1310 g/mol. The fourth-order valence-corrected chi connectivity index (χ4v) is 16.3. The fourth-order valence-electron chi connectivity index (χ4n) is 13.2. The molecule has 100 heavy (non-hydrogen) atoms. The molecule has 2 aliphatic heterocycles. The molecule has 0 spiro atoms. The molecule has 9 aromatic carbocycles. The van der Waals surface area contributed by atoms with Gasteiger partial charge >= 0.3 is 17.6 Å². The Hall–Kier alpha value is -10.8. The summed E-state index contributed by atoms with van der Waals surface area (Å²) in [6, 6.07) is 38.5. The Morgan fingerprint density at radius 3 is 0.830 bits per heavy atom. The number of aryl methyl sites for hydroxylation is 4. The molecule has 2 aliphatic rings. The Morgan fingerprint density at radius 1 is 0.360 bits per heavy atom. The van der Waals surface area contributed by atoms with E-state index in [-0.39, 0.29) is 125 Å². The predicted octanol–water partition coefficient (Wildman–Crippen LogP) is 13.6. The van der Waals surface area contributed by atoms with E-state index in [1.165, 1.54) is 67.4 Å². The Labute approximate surface area is 577 Å². The molecule has 2 atom stereocenters. The number of carbonyl (C=O) groups excluding carboxylic acids is 6. The van der Waals surface area contributed by atoms with Gasteiger partial charge in [0.1, 0.15) is 58.1 Å². The van der Waals surface area contributed by atoms with Gasteiger partial charge in [-0.1, -0.05) is 70.8 Å². The average Bonchev–Trinajstić information content (AvgIpc) is 0.671. The Bertz CT molecular complexity index is 4450. The van der Waals surface area contributed by atoms with Gasteiger partial charge in [0.15, 0.2) is 0 Å². The van der Waals surface area contributed by atoms with Gasteiger partial charge in [-0.2, -0.15) is 0 Å².